The topological polar surface area (TPSA) is 58.6 Å². The highest BCUT2D eigenvalue weighted by Crippen LogP contribution is 2.34. The van der Waals surface area contributed by atoms with Crippen molar-refractivity contribution in [3.63, 3.8) is 0 Å². The lowest BCUT2D eigenvalue weighted by atomic mass is 10.2. The third-order valence-electron chi connectivity index (χ3n) is 3.69. The molecule has 3 rings (SSSR count). The van der Waals surface area contributed by atoms with Crippen LogP contribution in [0.3, 0.4) is 0 Å². The predicted octanol–water partition coefficient (Wildman–Crippen LogP) is 3.22. The third-order valence-corrected chi connectivity index (χ3v) is 4.80. The second-order valence-electron chi connectivity index (χ2n) is 5.36. The van der Waals surface area contributed by atoms with E-state index in [0.29, 0.717) is 36.2 Å². The van der Waals surface area contributed by atoms with Crippen molar-refractivity contribution >= 4 is 40.4 Å². The summed E-state index contributed by atoms with van der Waals surface area (Å²) in [6.07, 6.45) is 0.319. The summed E-state index contributed by atoms with van der Waals surface area (Å²) in [6.45, 7) is 1.40. The minimum Gasteiger partial charge on any atom is -0.490 e. The number of hydrogen-bond acceptors (Lipinski definition) is 4. The first-order valence-electron chi connectivity index (χ1n) is 7.65. The number of ether oxygens (including phenoxy) is 1. The summed E-state index contributed by atoms with van der Waals surface area (Å²) in [6, 6.07) is 9.10. The van der Waals surface area contributed by atoms with Crippen LogP contribution >= 0.6 is 22.9 Å². The molecule has 2 aromatic rings. The first-order chi connectivity index (χ1) is 11.6. The van der Waals surface area contributed by atoms with E-state index in [-0.39, 0.29) is 24.7 Å². The molecule has 0 bridgehead atoms. The zero-order valence-corrected chi connectivity index (χ0v) is 14.5. The largest absolute Gasteiger partial charge is 0.490 e. The SMILES string of the molecule is O=C(CCC(=O)N1CCOc2ccc(Cl)cc21)NCc1cccs1. The fourth-order valence-corrected chi connectivity index (χ4v) is 3.30. The van der Waals surface area contributed by atoms with Crippen LogP contribution in [0, 0.1) is 0 Å². The number of anilines is 1. The van der Waals surface area contributed by atoms with Crippen molar-refractivity contribution in [3.05, 3.63) is 45.6 Å². The van der Waals surface area contributed by atoms with Crippen molar-refractivity contribution in [2.75, 3.05) is 18.1 Å². The first kappa shape index (κ1) is 16.8. The molecule has 2 heterocycles. The number of benzene rings is 1. The van der Waals surface area contributed by atoms with Gasteiger partial charge in [0.15, 0.2) is 0 Å². The van der Waals surface area contributed by atoms with Crippen molar-refractivity contribution in [2.24, 2.45) is 0 Å². The highest BCUT2D eigenvalue weighted by Gasteiger charge is 2.24. The molecule has 0 spiro atoms. The molecule has 1 N–H and O–H groups in total. The van der Waals surface area contributed by atoms with Crippen LogP contribution in [0.5, 0.6) is 5.75 Å². The molecule has 0 radical (unpaired) electrons. The van der Waals surface area contributed by atoms with Crippen LogP contribution in [0.1, 0.15) is 17.7 Å². The lowest BCUT2D eigenvalue weighted by Crippen LogP contribution is -2.38. The van der Waals surface area contributed by atoms with Gasteiger partial charge in [-0.2, -0.15) is 0 Å². The molecule has 1 aliphatic rings. The van der Waals surface area contributed by atoms with Crippen LogP contribution < -0.4 is 15.0 Å². The van der Waals surface area contributed by atoms with Crippen molar-refractivity contribution in [1.29, 1.82) is 0 Å². The number of carbonyl (C=O) groups excluding carboxylic acids is 2. The molecule has 126 valence electrons. The number of halogens is 1. The maximum Gasteiger partial charge on any atom is 0.227 e. The monoisotopic (exact) mass is 364 g/mol. The number of nitrogens with one attached hydrogen (secondary N) is 1. The van der Waals surface area contributed by atoms with E-state index < -0.39 is 0 Å². The lowest BCUT2D eigenvalue weighted by Gasteiger charge is -2.29. The van der Waals surface area contributed by atoms with Crippen LogP contribution in [0.25, 0.3) is 0 Å². The Labute approximate surface area is 149 Å². The summed E-state index contributed by atoms with van der Waals surface area (Å²) in [5.41, 5.74) is 0.665. The number of carbonyl (C=O) groups is 2. The summed E-state index contributed by atoms with van der Waals surface area (Å²) in [5.74, 6) is 0.408. The van der Waals surface area contributed by atoms with Gasteiger partial charge in [-0.3, -0.25) is 9.59 Å². The van der Waals surface area contributed by atoms with Crippen LogP contribution in [-0.4, -0.2) is 25.0 Å². The Morgan fingerprint density at radius 2 is 2.17 bits per heavy atom. The number of rotatable bonds is 5. The van der Waals surface area contributed by atoms with E-state index in [1.54, 1.807) is 34.4 Å². The van der Waals surface area contributed by atoms with Crippen LogP contribution in [0.2, 0.25) is 5.02 Å². The number of nitrogens with zero attached hydrogens (tertiary/aromatic N) is 1. The highest BCUT2D eigenvalue weighted by atomic mass is 35.5. The molecule has 0 fully saturated rings. The summed E-state index contributed by atoms with van der Waals surface area (Å²) in [7, 11) is 0. The second-order valence-corrected chi connectivity index (χ2v) is 6.83. The van der Waals surface area contributed by atoms with E-state index in [4.69, 9.17) is 16.3 Å². The summed E-state index contributed by atoms with van der Waals surface area (Å²) in [5, 5.41) is 5.34. The van der Waals surface area contributed by atoms with Gasteiger partial charge in [0.2, 0.25) is 11.8 Å². The highest BCUT2D eigenvalue weighted by molar-refractivity contribution is 7.09. The van der Waals surface area contributed by atoms with Crippen LogP contribution in [0.15, 0.2) is 35.7 Å². The van der Waals surface area contributed by atoms with Gasteiger partial charge in [0.25, 0.3) is 0 Å². The average Bonchev–Trinajstić information content (AvgIpc) is 3.10. The van der Waals surface area contributed by atoms with Crippen LogP contribution in [-0.2, 0) is 16.1 Å². The van der Waals surface area contributed by atoms with E-state index in [1.807, 2.05) is 17.5 Å². The number of hydrogen-bond donors (Lipinski definition) is 1. The number of amides is 2. The van der Waals surface area contributed by atoms with Gasteiger partial charge in [0.05, 0.1) is 18.8 Å². The third kappa shape index (κ3) is 4.07. The Bertz CT molecular complexity index is 733. The Kier molecular flexibility index (Phi) is 5.37. The normalized spacial score (nSPS) is 13.1. The second kappa shape index (κ2) is 7.68. The van der Waals surface area contributed by atoms with E-state index in [9.17, 15) is 9.59 Å². The molecule has 24 heavy (non-hydrogen) atoms. The zero-order chi connectivity index (χ0) is 16.9. The molecular weight excluding hydrogens is 348 g/mol. The van der Waals surface area contributed by atoms with E-state index >= 15 is 0 Å². The van der Waals surface area contributed by atoms with E-state index in [1.165, 1.54) is 0 Å². The molecule has 0 aliphatic carbocycles. The molecule has 0 atom stereocenters. The fourth-order valence-electron chi connectivity index (χ4n) is 2.49. The Hall–Kier alpha value is -2.05. The van der Waals surface area contributed by atoms with Crippen molar-refractivity contribution in [2.45, 2.75) is 19.4 Å². The molecule has 1 aromatic heterocycles. The quantitative estimate of drug-likeness (QED) is 0.886. The van der Waals surface area contributed by atoms with Gasteiger partial charge in [0, 0.05) is 22.7 Å². The number of thiophene rings is 1. The zero-order valence-electron chi connectivity index (χ0n) is 13.0. The molecule has 5 nitrogen and oxygen atoms in total. The Morgan fingerprint density at radius 3 is 2.96 bits per heavy atom. The molecule has 2 amide bonds. The molecule has 0 saturated heterocycles. The molecular formula is C17H17ClN2O3S. The maximum atomic E-state index is 12.5. The van der Waals surface area contributed by atoms with E-state index in [0.717, 1.165) is 4.88 Å². The van der Waals surface area contributed by atoms with Gasteiger partial charge in [0.1, 0.15) is 12.4 Å². The maximum absolute atomic E-state index is 12.5. The lowest BCUT2D eigenvalue weighted by molar-refractivity contribution is -0.125. The summed E-state index contributed by atoms with van der Waals surface area (Å²) in [4.78, 5) is 27.1. The first-order valence-corrected chi connectivity index (χ1v) is 8.91. The standard InChI is InChI=1S/C17H17ClN2O3S/c18-12-3-4-15-14(10-12)20(7-8-23-15)17(22)6-5-16(21)19-11-13-2-1-9-24-13/h1-4,9-10H,5-8,11H2,(H,19,21). The average molecular weight is 365 g/mol. The van der Waals surface area contributed by atoms with E-state index in [2.05, 4.69) is 5.32 Å². The summed E-state index contributed by atoms with van der Waals surface area (Å²) < 4.78 is 5.53. The molecule has 1 aromatic carbocycles. The Morgan fingerprint density at radius 1 is 1.29 bits per heavy atom. The predicted molar refractivity (Wildman–Crippen MR) is 94.7 cm³/mol. The van der Waals surface area contributed by atoms with Crippen molar-refractivity contribution in [3.8, 4) is 5.75 Å². The van der Waals surface area contributed by atoms with Crippen LogP contribution in [0.4, 0.5) is 5.69 Å². The Balaban J connectivity index is 1.54. The van der Waals surface area contributed by atoms with Gasteiger partial charge < -0.3 is 15.0 Å². The smallest absolute Gasteiger partial charge is 0.227 e. The molecule has 7 heteroatoms. The van der Waals surface area contributed by atoms with Gasteiger partial charge in [-0.25, -0.2) is 0 Å². The minimum atomic E-state index is -0.128. The molecule has 0 unspecified atom stereocenters. The van der Waals surface area contributed by atoms with Gasteiger partial charge in [-0.1, -0.05) is 17.7 Å². The van der Waals surface area contributed by atoms with Crippen molar-refractivity contribution < 1.29 is 14.3 Å². The number of fused-ring (bicyclic) bond motifs is 1. The molecule has 0 saturated carbocycles. The molecule has 1 aliphatic heterocycles. The minimum absolute atomic E-state index is 0.104. The van der Waals surface area contributed by atoms with Gasteiger partial charge in [-0.15, -0.1) is 11.3 Å². The fraction of sp³-hybridized carbons (Fsp3) is 0.294. The van der Waals surface area contributed by atoms with Gasteiger partial charge >= 0.3 is 0 Å². The van der Waals surface area contributed by atoms with Gasteiger partial charge in [-0.05, 0) is 29.6 Å². The van der Waals surface area contributed by atoms with Crippen molar-refractivity contribution in [1.82, 2.24) is 5.32 Å². The summed E-state index contributed by atoms with van der Waals surface area (Å²) >= 11 is 7.60.